The van der Waals surface area contributed by atoms with Crippen molar-refractivity contribution in [1.29, 1.82) is 0 Å². The van der Waals surface area contributed by atoms with Crippen molar-refractivity contribution < 1.29 is 4.92 Å². The number of nitro groups is 1. The number of imidazole rings is 1. The molecule has 1 fully saturated rings. The Morgan fingerprint density at radius 3 is 2.67 bits per heavy atom. The van der Waals surface area contributed by atoms with Gasteiger partial charge in [0.05, 0.1) is 0 Å². The third-order valence-electron chi connectivity index (χ3n) is 4.34. The van der Waals surface area contributed by atoms with Crippen molar-refractivity contribution in [2.24, 2.45) is 0 Å². The van der Waals surface area contributed by atoms with E-state index in [-0.39, 0.29) is 10.7 Å². The molecule has 124 valence electrons. The molecule has 3 heterocycles. The number of aromatic nitrogens is 2. The van der Waals surface area contributed by atoms with E-state index >= 15 is 0 Å². The van der Waals surface area contributed by atoms with E-state index in [0.29, 0.717) is 10.8 Å². The largest absolute Gasteiger partial charge is 0.373 e. The number of piperazine rings is 1. The first-order valence-corrected chi connectivity index (χ1v) is 8.68. The van der Waals surface area contributed by atoms with E-state index in [9.17, 15) is 10.1 Å². The molecule has 4 rings (SSSR count). The molecule has 2 aromatic heterocycles. The molecule has 1 aromatic carbocycles. The van der Waals surface area contributed by atoms with Crippen LogP contribution in [0.1, 0.15) is 5.56 Å². The van der Waals surface area contributed by atoms with Gasteiger partial charge in [0, 0.05) is 37.2 Å². The third-order valence-corrected chi connectivity index (χ3v) is 5.09. The standard InChI is InChI=1S/C16H17N5O2S/c1-12-3-2-4-13(11-12)18-5-7-19(8-6-18)14-15(21(22)23)20-9-10-24-16(20)17-14/h2-4,9-11H,5-8H2,1H3. The molecule has 0 bridgehead atoms. The first-order chi connectivity index (χ1) is 11.6. The summed E-state index contributed by atoms with van der Waals surface area (Å²) >= 11 is 1.41. The van der Waals surface area contributed by atoms with Gasteiger partial charge in [0.25, 0.3) is 4.96 Å². The highest BCUT2D eigenvalue weighted by atomic mass is 32.1. The predicted octanol–water partition coefficient (Wildman–Crippen LogP) is 2.94. The van der Waals surface area contributed by atoms with Gasteiger partial charge in [0.2, 0.25) is 5.82 Å². The van der Waals surface area contributed by atoms with Crippen LogP contribution < -0.4 is 9.80 Å². The highest BCUT2D eigenvalue weighted by molar-refractivity contribution is 7.15. The second-order valence-corrected chi connectivity index (χ2v) is 6.76. The fourth-order valence-corrected chi connectivity index (χ4v) is 3.85. The van der Waals surface area contributed by atoms with Gasteiger partial charge in [-0.2, -0.15) is 9.38 Å². The van der Waals surface area contributed by atoms with Crippen LogP contribution in [0.4, 0.5) is 17.3 Å². The summed E-state index contributed by atoms with van der Waals surface area (Å²) in [5.41, 5.74) is 2.44. The average molecular weight is 343 g/mol. The fraction of sp³-hybridized carbons (Fsp3) is 0.312. The number of nitrogens with zero attached hydrogens (tertiary/aromatic N) is 5. The molecule has 3 aromatic rings. The lowest BCUT2D eigenvalue weighted by Gasteiger charge is -2.36. The normalized spacial score (nSPS) is 15.2. The molecule has 0 aliphatic carbocycles. The van der Waals surface area contributed by atoms with Gasteiger partial charge in [-0.3, -0.25) is 0 Å². The zero-order valence-corrected chi connectivity index (χ0v) is 14.1. The summed E-state index contributed by atoms with van der Waals surface area (Å²) in [4.78, 5) is 20.6. The summed E-state index contributed by atoms with van der Waals surface area (Å²) in [7, 11) is 0. The topological polar surface area (TPSA) is 66.9 Å². The summed E-state index contributed by atoms with van der Waals surface area (Å²) < 4.78 is 1.56. The van der Waals surface area contributed by atoms with E-state index in [4.69, 9.17) is 0 Å². The molecule has 0 saturated carbocycles. The fourth-order valence-electron chi connectivity index (χ4n) is 3.15. The molecule has 1 saturated heterocycles. The SMILES string of the molecule is Cc1cccc(N2CCN(c3nc4sccn4c3[N+](=O)[O-])CC2)c1. The van der Waals surface area contributed by atoms with Crippen LogP contribution >= 0.6 is 11.3 Å². The number of hydrogen-bond donors (Lipinski definition) is 0. The lowest BCUT2D eigenvalue weighted by molar-refractivity contribution is -0.389. The van der Waals surface area contributed by atoms with Gasteiger partial charge in [-0.1, -0.05) is 23.5 Å². The van der Waals surface area contributed by atoms with Crippen molar-refractivity contribution in [1.82, 2.24) is 9.38 Å². The number of fused-ring (bicyclic) bond motifs is 1. The molecule has 0 N–H and O–H groups in total. The van der Waals surface area contributed by atoms with E-state index < -0.39 is 0 Å². The Labute approximate surface area is 142 Å². The summed E-state index contributed by atoms with van der Waals surface area (Å²) in [5.74, 6) is 0.547. The highest BCUT2D eigenvalue weighted by Gasteiger charge is 2.30. The van der Waals surface area contributed by atoms with Crippen molar-refractivity contribution in [3.8, 4) is 0 Å². The van der Waals surface area contributed by atoms with E-state index in [2.05, 4.69) is 41.1 Å². The Hall–Kier alpha value is -2.61. The van der Waals surface area contributed by atoms with Crippen LogP contribution in [-0.4, -0.2) is 40.5 Å². The summed E-state index contributed by atoms with van der Waals surface area (Å²) in [5, 5.41) is 13.3. The number of rotatable bonds is 3. The minimum atomic E-state index is -0.338. The van der Waals surface area contributed by atoms with Crippen molar-refractivity contribution in [3.05, 3.63) is 51.5 Å². The van der Waals surface area contributed by atoms with Gasteiger partial charge in [-0.15, -0.1) is 0 Å². The van der Waals surface area contributed by atoms with Crippen molar-refractivity contribution in [2.75, 3.05) is 36.0 Å². The molecule has 0 unspecified atom stereocenters. The molecule has 8 heteroatoms. The molecule has 0 amide bonds. The van der Waals surface area contributed by atoms with Crippen LogP contribution in [0, 0.1) is 17.0 Å². The quantitative estimate of drug-likeness (QED) is 0.540. The maximum Gasteiger partial charge on any atom is 0.373 e. The van der Waals surface area contributed by atoms with E-state index in [1.165, 1.54) is 22.6 Å². The summed E-state index contributed by atoms with van der Waals surface area (Å²) in [6.07, 6.45) is 1.71. The first-order valence-electron chi connectivity index (χ1n) is 7.80. The summed E-state index contributed by atoms with van der Waals surface area (Å²) in [6.45, 7) is 5.18. The molecule has 24 heavy (non-hydrogen) atoms. The predicted molar refractivity (Wildman–Crippen MR) is 95.3 cm³/mol. The monoisotopic (exact) mass is 343 g/mol. The molecular formula is C16H17N5O2S. The lowest BCUT2D eigenvalue weighted by Crippen LogP contribution is -2.46. The minimum Gasteiger partial charge on any atom is -0.368 e. The lowest BCUT2D eigenvalue weighted by atomic mass is 10.2. The van der Waals surface area contributed by atoms with Crippen LogP contribution in [0.15, 0.2) is 35.8 Å². The maximum atomic E-state index is 11.5. The Morgan fingerprint density at radius 2 is 1.96 bits per heavy atom. The number of aryl methyl sites for hydroxylation is 1. The smallest absolute Gasteiger partial charge is 0.368 e. The van der Waals surface area contributed by atoms with E-state index in [0.717, 1.165) is 26.2 Å². The van der Waals surface area contributed by atoms with Crippen molar-refractivity contribution >= 4 is 33.6 Å². The summed E-state index contributed by atoms with van der Waals surface area (Å²) in [6, 6.07) is 8.43. The Morgan fingerprint density at radius 1 is 1.21 bits per heavy atom. The van der Waals surface area contributed by atoms with Crippen LogP contribution in [0.5, 0.6) is 0 Å². The minimum absolute atomic E-state index is 0.0651. The number of thiazole rings is 1. The highest BCUT2D eigenvalue weighted by Crippen LogP contribution is 2.32. The van der Waals surface area contributed by atoms with Gasteiger partial charge in [0.15, 0.2) is 0 Å². The van der Waals surface area contributed by atoms with Gasteiger partial charge >= 0.3 is 5.82 Å². The average Bonchev–Trinajstić information content (AvgIpc) is 3.15. The second-order valence-electron chi connectivity index (χ2n) is 5.88. The first kappa shape index (κ1) is 14.9. The Bertz CT molecular complexity index is 895. The number of anilines is 2. The van der Waals surface area contributed by atoms with Gasteiger partial charge in [0.1, 0.15) is 6.20 Å². The van der Waals surface area contributed by atoms with Crippen LogP contribution in [-0.2, 0) is 0 Å². The maximum absolute atomic E-state index is 11.5. The Balaban J connectivity index is 1.57. The van der Waals surface area contributed by atoms with Crippen LogP contribution in [0.3, 0.4) is 0 Å². The molecule has 0 atom stereocenters. The van der Waals surface area contributed by atoms with Crippen molar-refractivity contribution in [2.45, 2.75) is 6.92 Å². The molecule has 0 spiro atoms. The van der Waals surface area contributed by atoms with E-state index in [1.54, 1.807) is 10.6 Å². The third kappa shape index (κ3) is 2.48. The molecule has 1 aliphatic rings. The molecule has 7 nitrogen and oxygen atoms in total. The molecule has 1 aliphatic heterocycles. The molecule has 0 radical (unpaired) electrons. The van der Waals surface area contributed by atoms with Crippen molar-refractivity contribution in [3.63, 3.8) is 0 Å². The van der Waals surface area contributed by atoms with Gasteiger partial charge in [-0.05, 0) is 29.5 Å². The number of benzene rings is 1. The van der Waals surface area contributed by atoms with Gasteiger partial charge in [-0.25, -0.2) is 0 Å². The Kier molecular flexibility index (Phi) is 3.61. The number of hydrogen-bond acceptors (Lipinski definition) is 6. The zero-order valence-electron chi connectivity index (χ0n) is 13.3. The van der Waals surface area contributed by atoms with E-state index in [1.807, 2.05) is 10.3 Å². The molecular weight excluding hydrogens is 326 g/mol. The van der Waals surface area contributed by atoms with Crippen LogP contribution in [0.2, 0.25) is 0 Å². The second kappa shape index (κ2) is 5.79. The van der Waals surface area contributed by atoms with Gasteiger partial charge < -0.3 is 19.9 Å². The van der Waals surface area contributed by atoms with Crippen LogP contribution in [0.25, 0.3) is 4.96 Å². The zero-order chi connectivity index (χ0) is 16.7.